The lowest BCUT2D eigenvalue weighted by Crippen LogP contribution is -2.37. The second kappa shape index (κ2) is 10.2. The molecule has 0 atom stereocenters. The van der Waals surface area contributed by atoms with Crippen molar-refractivity contribution in [1.82, 2.24) is 4.90 Å². The molecule has 0 fully saturated rings. The lowest BCUT2D eigenvalue weighted by molar-refractivity contribution is -0.117. The van der Waals surface area contributed by atoms with Crippen molar-refractivity contribution in [3.8, 4) is 0 Å². The normalized spacial score (nSPS) is 10.7. The Morgan fingerprint density at radius 1 is 1.23 bits per heavy atom. The van der Waals surface area contributed by atoms with E-state index in [-0.39, 0.29) is 17.4 Å². The number of carbonyl (C=O) groups is 1. The highest BCUT2D eigenvalue weighted by molar-refractivity contribution is 7.80. The van der Waals surface area contributed by atoms with Crippen LogP contribution < -0.4 is 11.1 Å². The lowest BCUT2D eigenvalue weighted by atomic mass is 10.2. The number of amides is 1. The van der Waals surface area contributed by atoms with Crippen molar-refractivity contribution < 1.29 is 14.3 Å². The van der Waals surface area contributed by atoms with Gasteiger partial charge in [0, 0.05) is 32.9 Å². The molecular formula is C15H23N3O3S. The van der Waals surface area contributed by atoms with Gasteiger partial charge in [0.15, 0.2) is 0 Å². The Morgan fingerprint density at radius 2 is 1.82 bits per heavy atom. The number of hydrogen-bond donors (Lipinski definition) is 2. The molecule has 0 aliphatic rings. The number of nitrogens with one attached hydrogen (secondary N) is 1. The molecule has 0 bridgehead atoms. The van der Waals surface area contributed by atoms with Gasteiger partial charge in [-0.2, -0.15) is 0 Å². The predicted molar refractivity (Wildman–Crippen MR) is 91.2 cm³/mol. The summed E-state index contributed by atoms with van der Waals surface area (Å²) in [4.78, 5) is 14.4. The first-order chi connectivity index (χ1) is 10.6. The molecule has 0 aliphatic carbocycles. The molecule has 1 aromatic carbocycles. The van der Waals surface area contributed by atoms with Gasteiger partial charge < -0.3 is 20.5 Å². The van der Waals surface area contributed by atoms with Gasteiger partial charge in [-0.1, -0.05) is 24.4 Å². The largest absolute Gasteiger partial charge is 0.389 e. The zero-order valence-corrected chi connectivity index (χ0v) is 13.8. The standard InChI is InChI=1S/C15H23N3O3S/c1-20-9-7-18(8-10-21-2)11-14(19)17-13-6-4-3-5-12(13)15(16)22/h3-6H,7-11H2,1-2H3,(H2,16,22)(H,17,19). The van der Waals surface area contributed by atoms with E-state index in [4.69, 9.17) is 27.4 Å². The molecule has 0 radical (unpaired) electrons. The molecule has 0 saturated carbocycles. The third kappa shape index (κ3) is 6.48. The molecule has 1 amide bonds. The smallest absolute Gasteiger partial charge is 0.238 e. The van der Waals surface area contributed by atoms with Gasteiger partial charge in [0.25, 0.3) is 0 Å². The number of nitrogens with two attached hydrogens (primary N) is 1. The van der Waals surface area contributed by atoms with Crippen LogP contribution >= 0.6 is 12.2 Å². The average Bonchev–Trinajstić information content (AvgIpc) is 2.50. The van der Waals surface area contributed by atoms with E-state index in [2.05, 4.69) is 5.32 Å². The fraction of sp³-hybridized carbons (Fsp3) is 0.467. The molecule has 122 valence electrons. The minimum Gasteiger partial charge on any atom is -0.389 e. The summed E-state index contributed by atoms with van der Waals surface area (Å²) in [5, 5.41) is 2.85. The summed E-state index contributed by atoms with van der Waals surface area (Å²) >= 11 is 4.99. The Morgan fingerprint density at radius 3 is 2.36 bits per heavy atom. The van der Waals surface area contributed by atoms with E-state index < -0.39 is 0 Å². The van der Waals surface area contributed by atoms with Crippen molar-refractivity contribution in [1.29, 1.82) is 0 Å². The fourth-order valence-corrected chi connectivity index (χ4v) is 2.09. The van der Waals surface area contributed by atoms with Gasteiger partial charge in [0.05, 0.1) is 25.4 Å². The SMILES string of the molecule is COCCN(CCOC)CC(=O)Nc1ccccc1C(N)=S. The highest BCUT2D eigenvalue weighted by atomic mass is 32.1. The minimum atomic E-state index is -0.129. The molecule has 0 saturated heterocycles. The van der Waals surface area contributed by atoms with Crippen LogP contribution in [0.4, 0.5) is 5.69 Å². The van der Waals surface area contributed by atoms with Gasteiger partial charge in [-0.25, -0.2) is 0 Å². The Labute approximate surface area is 136 Å². The topological polar surface area (TPSA) is 76.8 Å². The van der Waals surface area contributed by atoms with Crippen LogP contribution in [0, 0.1) is 0 Å². The maximum atomic E-state index is 12.2. The van der Waals surface area contributed by atoms with Crippen molar-refractivity contribution >= 4 is 28.8 Å². The van der Waals surface area contributed by atoms with Crippen molar-refractivity contribution in [2.75, 3.05) is 52.4 Å². The molecule has 22 heavy (non-hydrogen) atoms. The highest BCUT2D eigenvalue weighted by Crippen LogP contribution is 2.14. The summed E-state index contributed by atoms with van der Waals surface area (Å²) in [6.07, 6.45) is 0. The molecule has 1 aromatic rings. The van der Waals surface area contributed by atoms with E-state index in [1.54, 1.807) is 26.4 Å². The van der Waals surface area contributed by atoms with E-state index in [1.165, 1.54) is 0 Å². The third-order valence-electron chi connectivity index (χ3n) is 3.06. The van der Waals surface area contributed by atoms with Crippen molar-refractivity contribution in [2.24, 2.45) is 5.73 Å². The number of para-hydroxylation sites is 1. The molecule has 0 aromatic heterocycles. The monoisotopic (exact) mass is 325 g/mol. The van der Waals surface area contributed by atoms with Gasteiger partial charge in [-0.05, 0) is 12.1 Å². The summed E-state index contributed by atoms with van der Waals surface area (Å²) in [6, 6.07) is 7.21. The second-order valence-corrected chi connectivity index (χ2v) is 5.16. The second-order valence-electron chi connectivity index (χ2n) is 4.72. The number of nitrogens with zero attached hydrogens (tertiary/aromatic N) is 1. The number of methoxy groups -OCH3 is 2. The van der Waals surface area contributed by atoms with Crippen LogP contribution in [-0.4, -0.2) is 62.9 Å². The number of benzene rings is 1. The summed E-state index contributed by atoms with van der Waals surface area (Å²) < 4.78 is 10.1. The van der Waals surface area contributed by atoms with Crippen molar-refractivity contribution in [2.45, 2.75) is 0 Å². The first-order valence-electron chi connectivity index (χ1n) is 6.97. The number of carbonyl (C=O) groups excluding carboxylic acids is 1. The van der Waals surface area contributed by atoms with Gasteiger partial charge in [0.1, 0.15) is 4.99 Å². The first kappa shape index (κ1) is 18.5. The Bertz CT molecular complexity index is 489. The van der Waals surface area contributed by atoms with Gasteiger partial charge in [-0.3, -0.25) is 9.69 Å². The maximum absolute atomic E-state index is 12.2. The number of hydrogen-bond acceptors (Lipinski definition) is 5. The number of anilines is 1. The quantitative estimate of drug-likeness (QED) is 0.621. The summed E-state index contributed by atoms with van der Waals surface area (Å²) in [5.74, 6) is -0.129. The van der Waals surface area contributed by atoms with E-state index in [0.29, 0.717) is 37.6 Å². The Balaban J connectivity index is 2.64. The summed E-state index contributed by atoms with van der Waals surface area (Å²) in [6.45, 7) is 2.67. The molecule has 3 N–H and O–H groups in total. The molecular weight excluding hydrogens is 302 g/mol. The minimum absolute atomic E-state index is 0.129. The summed E-state index contributed by atoms with van der Waals surface area (Å²) in [7, 11) is 3.26. The molecule has 6 nitrogen and oxygen atoms in total. The molecule has 0 aliphatic heterocycles. The first-order valence-corrected chi connectivity index (χ1v) is 7.38. The van der Waals surface area contributed by atoms with Gasteiger partial charge in [-0.15, -0.1) is 0 Å². The molecule has 7 heteroatoms. The zero-order chi connectivity index (χ0) is 16.4. The third-order valence-corrected chi connectivity index (χ3v) is 3.28. The van der Waals surface area contributed by atoms with Gasteiger partial charge in [0.2, 0.25) is 5.91 Å². The molecule has 0 unspecified atom stereocenters. The van der Waals surface area contributed by atoms with Crippen LogP contribution in [-0.2, 0) is 14.3 Å². The van der Waals surface area contributed by atoms with Crippen LogP contribution in [0.1, 0.15) is 5.56 Å². The molecule has 1 rings (SSSR count). The van der Waals surface area contributed by atoms with Crippen LogP contribution in [0.3, 0.4) is 0 Å². The van der Waals surface area contributed by atoms with E-state index >= 15 is 0 Å². The van der Waals surface area contributed by atoms with E-state index in [1.807, 2.05) is 17.0 Å². The Kier molecular flexibility index (Phi) is 8.61. The lowest BCUT2D eigenvalue weighted by Gasteiger charge is -2.21. The van der Waals surface area contributed by atoms with Gasteiger partial charge >= 0.3 is 0 Å². The fourth-order valence-electron chi connectivity index (χ4n) is 1.91. The van der Waals surface area contributed by atoms with E-state index in [9.17, 15) is 4.79 Å². The van der Waals surface area contributed by atoms with Crippen LogP contribution in [0.2, 0.25) is 0 Å². The maximum Gasteiger partial charge on any atom is 0.238 e. The highest BCUT2D eigenvalue weighted by Gasteiger charge is 2.12. The van der Waals surface area contributed by atoms with Crippen LogP contribution in [0.25, 0.3) is 0 Å². The van der Waals surface area contributed by atoms with Crippen LogP contribution in [0.5, 0.6) is 0 Å². The van der Waals surface area contributed by atoms with Crippen molar-refractivity contribution in [3.63, 3.8) is 0 Å². The number of rotatable bonds is 10. The Hall–Kier alpha value is -1.54. The number of thiocarbonyl (C=S) groups is 1. The number of ether oxygens (including phenoxy) is 2. The van der Waals surface area contributed by atoms with E-state index in [0.717, 1.165) is 0 Å². The average molecular weight is 325 g/mol. The van der Waals surface area contributed by atoms with Crippen LogP contribution in [0.15, 0.2) is 24.3 Å². The zero-order valence-electron chi connectivity index (χ0n) is 13.0. The summed E-state index contributed by atoms with van der Waals surface area (Å²) in [5.41, 5.74) is 6.94. The molecule has 0 heterocycles. The van der Waals surface area contributed by atoms with Crippen molar-refractivity contribution in [3.05, 3.63) is 29.8 Å². The molecule has 0 spiro atoms. The predicted octanol–water partition coefficient (Wildman–Crippen LogP) is 0.854.